The minimum atomic E-state index is 0.411. The van der Waals surface area contributed by atoms with Gasteiger partial charge >= 0.3 is 0 Å². The first-order chi connectivity index (χ1) is 8.27. The van der Waals surface area contributed by atoms with Gasteiger partial charge < -0.3 is 5.73 Å². The van der Waals surface area contributed by atoms with Gasteiger partial charge in [-0.1, -0.05) is 13.0 Å². The Labute approximate surface area is 104 Å². The molecular formula is C15H22N2. The Balaban J connectivity index is 1.90. The Morgan fingerprint density at radius 3 is 2.94 bits per heavy atom. The predicted molar refractivity (Wildman–Crippen MR) is 69.8 cm³/mol. The van der Waals surface area contributed by atoms with Crippen molar-refractivity contribution in [3.63, 3.8) is 0 Å². The van der Waals surface area contributed by atoms with E-state index in [-0.39, 0.29) is 0 Å². The molecule has 1 aromatic heterocycles. The molecule has 4 atom stereocenters. The lowest BCUT2D eigenvalue weighted by Gasteiger charge is -2.32. The Morgan fingerprint density at radius 2 is 2.18 bits per heavy atom. The Kier molecular flexibility index (Phi) is 2.91. The van der Waals surface area contributed by atoms with Crippen LogP contribution >= 0.6 is 0 Å². The molecule has 17 heavy (non-hydrogen) atoms. The second kappa shape index (κ2) is 4.41. The molecule has 2 heteroatoms. The summed E-state index contributed by atoms with van der Waals surface area (Å²) < 4.78 is 0. The monoisotopic (exact) mass is 230 g/mol. The zero-order valence-corrected chi connectivity index (χ0v) is 10.6. The lowest BCUT2D eigenvalue weighted by atomic mass is 9.74. The van der Waals surface area contributed by atoms with Gasteiger partial charge in [0.1, 0.15) is 0 Å². The van der Waals surface area contributed by atoms with Crippen LogP contribution in [0.1, 0.15) is 49.8 Å². The third-order valence-corrected chi connectivity index (χ3v) is 4.94. The van der Waals surface area contributed by atoms with Crippen LogP contribution in [-0.2, 0) is 6.42 Å². The van der Waals surface area contributed by atoms with Crippen molar-refractivity contribution in [1.82, 2.24) is 4.98 Å². The van der Waals surface area contributed by atoms with Crippen molar-refractivity contribution in [1.29, 1.82) is 0 Å². The average Bonchev–Trinajstić information content (AvgIpc) is 2.69. The van der Waals surface area contributed by atoms with Gasteiger partial charge in [0.2, 0.25) is 0 Å². The number of aromatic nitrogens is 1. The first-order valence-corrected chi connectivity index (χ1v) is 6.96. The van der Waals surface area contributed by atoms with E-state index < -0.39 is 0 Å². The number of hydrogen-bond donors (Lipinski definition) is 1. The summed E-state index contributed by atoms with van der Waals surface area (Å²) in [4.78, 5) is 4.66. The Hall–Kier alpha value is -0.890. The van der Waals surface area contributed by atoms with Gasteiger partial charge in [0.25, 0.3) is 0 Å². The van der Waals surface area contributed by atoms with E-state index >= 15 is 0 Å². The highest BCUT2D eigenvalue weighted by atomic mass is 14.7. The van der Waals surface area contributed by atoms with E-state index in [0.717, 1.165) is 5.92 Å². The van der Waals surface area contributed by atoms with Gasteiger partial charge in [-0.2, -0.15) is 0 Å². The number of aryl methyl sites for hydroxylation is 1. The lowest BCUT2D eigenvalue weighted by molar-refractivity contribution is 0.299. The molecule has 1 fully saturated rings. The van der Waals surface area contributed by atoms with Crippen LogP contribution in [-0.4, -0.2) is 11.0 Å². The summed E-state index contributed by atoms with van der Waals surface area (Å²) in [6.07, 6.45) is 8.30. The second-order valence-electron chi connectivity index (χ2n) is 5.81. The highest BCUT2D eigenvalue weighted by molar-refractivity contribution is 5.27. The van der Waals surface area contributed by atoms with E-state index in [2.05, 4.69) is 24.0 Å². The fraction of sp³-hybridized carbons (Fsp3) is 0.667. The molecule has 2 N–H and O–H groups in total. The maximum atomic E-state index is 6.17. The lowest BCUT2D eigenvalue weighted by Crippen LogP contribution is -2.29. The standard InChI is InChI=1S/C15H22N2/c1-10-12(7-8-14(10)16)13-6-2-4-11-5-3-9-17-15(11)13/h3,5,9-10,12-14H,2,4,6-8,16H2,1H3. The molecule has 0 radical (unpaired) electrons. The van der Waals surface area contributed by atoms with Crippen LogP contribution < -0.4 is 5.73 Å². The number of nitrogens with two attached hydrogens (primary N) is 1. The molecule has 92 valence electrons. The van der Waals surface area contributed by atoms with Gasteiger partial charge in [-0.3, -0.25) is 4.98 Å². The van der Waals surface area contributed by atoms with Crippen LogP contribution in [0.2, 0.25) is 0 Å². The number of rotatable bonds is 1. The largest absolute Gasteiger partial charge is 0.327 e. The SMILES string of the molecule is CC1C(N)CCC1C1CCCc2cccnc21. The zero-order valence-electron chi connectivity index (χ0n) is 10.6. The summed E-state index contributed by atoms with van der Waals surface area (Å²) in [7, 11) is 0. The molecule has 0 spiro atoms. The highest BCUT2D eigenvalue weighted by Crippen LogP contribution is 2.45. The van der Waals surface area contributed by atoms with Gasteiger partial charge in [0.15, 0.2) is 0 Å². The first kappa shape index (κ1) is 11.2. The molecular weight excluding hydrogens is 208 g/mol. The predicted octanol–water partition coefficient (Wildman–Crippen LogP) is 2.87. The summed E-state index contributed by atoms with van der Waals surface area (Å²) in [5, 5.41) is 0. The maximum Gasteiger partial charge on any atom is 0.0469 e. The number of pyridine rings is 1. The molecule has 0 saturated heterocycles. The molecule has 0 aliphatic heterocycles. The molecule has 0 amide bonds. The molecule has 1 aromatic rings. The van der Waals surface area contributed by atoms with E-state index in [1.165, 1.54) is 43.4 Å². The van der Waals surface area contributed by atoms with E-state index in [1.807, 2.05) is 6.20 Å². The summed E-state index contributed by atoms with van der Waals surface area (Å²) in [5.41, 5.74) is 9.04. The maximum absolute atomic E-state index is 6.17. The van der Waals surface area contributed by atoms with Crippen molar-refractivity contribution in [3.05, 3.63) is 29.6 Å². The van der Waals surface area contributed by atoms with Crippen LogP contribution in [0.25, 0.3) is 0 Å². The summed E-state index contributed by atoms with van der Waals surface area (Å²) in [5.74, 6) is 2.09. The Bertz CT molecular complexity index is 402. The minimum Gasteiger partial charge on any atom is -0.327 e. The Morgan fingerprint density at radius 1 is 1.29 bits per heavy atom. The number of nitrogens with zero attached hydrogens (tertiary/aromatic N) is 1. The van der Waals surface area contributed by atoms with Crippen LogP contribution in [0.4, 0.5) is 0 Å². The second-order valence-corrected chi connectivity index (χ2v) is 5.81. The number of fused-ring (bicyclic) bond motifs is 1. The third-order valence-electron chi connectivity index (χ3n) is 4.94. The van der Waals surface area contributed by atoms with Gasteiger partial charge in [-0.15, -0.1) is 0 Å². The fourth-order valence-electron chi connectivity index (χ4n) is 3.86. The smallest absolute Gasteiger partial charge is 0.0469 e. The molecule has 2 nitrogen and oxygen atoms in total. The van der Waals surface area contributed by atoms with Crippen molar-refractivity contribution < 1.29 is 0 Å². The van der Waals surface area contributed by atoms with E-state index in [1.54, 1.807) is 0 Å². The normalized spacial score (nSPS) is 36.8. The quantitative estimate of drug-likeness (QED) is 0.805. The van der Waals surface area contributed by atoms with Crippen molar-refractivity contribution >= 4 is 0 Å². The minimum absolute atomic E-state index is 0.411. The van der Waals surface area contributed by atoms with Crippen LogP contribution in [0.5, 0.6) is 0 Å². The summed E-state index contributed by atoms with van der Waals surface area (Å²) in [6, 6.07) is 4.74. The molecule has 2 aliphatic carbocycles. The number of hydrogen-bond acceptors (Lipinski definition) is 2. The summed E-state index contributed by atoms with van der Waals surface area (Å²) in [6.45, 7) is 2.33. The third kappa shape index (κ3) is 1.89. The van der Waals surface area contributed by atoms with Crippen molar-refractivity contribution in [2.45, 2.75) is 51.0 Å². The molecule has 1 heterocycles. The van der Waals surface area contributed by atoms with Gasteiger partial charge in [-0.05, 0) is 55.6 Å². The van der Waals surface area contributed by atoms with Crippen LogP contribution in [0.15, 0.2) is 18.3 Å². The van der Waals surface area contributed by atoms with E-state index in [4.69, 9.17) is 5.73 Å². The van der Waals surface area contributed by atoms with Crippen LogP contribution in [0.3, 0.4) is 0 Å². The molecule has 3 rings (SSSR count). The zero-order chi connectivity index (χ0) is 11.8. The van der Waals surface area contributed by atoms with Crippen LogP contribution in [0, 0.1) is 11.8 Å². The van der Waals surface area contributed by atoms with Crippen molar-refractivity contribution in [2.75, 3.05) is 0 Å². The average molecular weight is 230 g/mol. The first-order valence-electron chi connectivity index (χ1n) is 6.96. The topological polar surface area (TPSA) is 38.9 Å². The summed E-state index contributed by atoms with van der Waals surface area (Å²) >= 11 is 0. The van der Waals surface area contributed by atoms with Gasteiger partial charge in [-0.25, -0.2) is 0 Å². The molecule has 0 aromatic carbocycles. The van der Waals surface area contributed by atoms with Gasteiger partial charge in [0, 0.05) is 23.9 Å². The molecule has 1 saturated carbocycles. The van der Waals surface area contributed by atoms with E-state index in [0.29, 0.717) is 17.9 Å². The molecule has 4 unspecified atom stereocenters. The fourth-order valence-corrected chi connectivity index (χ4v) is 3.86. The highest BCUT2D eigenvalue weighted by Gasteiger charge is 2.38. The molecule has 0 bridgehead atoms. The van der Waals surface area contributed by atoms with Crippen molar-refractivity contribution in [3.8, 4) is 0 Å². The molecule has 2 aliphatic rings. The van der Waals surface area contributed by atoms with E-state index in [9.17, 15) is 0 Å². The van der Waals surface area contributed by atoms with Gasteiger partial charge in [0.05, 0.1) is 0 Å². The van der Waals surface area contributed by atoms with Crippen molar-refractivity contribution in [2.24, 2.45) is 17.6 Å².